The second-order valence-electron chi connectivity index (χ2n) is 5.95. The van der Waals surface area contributed by atoms with Gasteiger partial charge >= 0.3 is 0 Å². The maximum atomic E-state index is 12.4. The number of hydrogen-bond acceptors (Lipinski definition) is 4. The number of nitrogens with zero attached hydrogens (tertiary/aromatic N) is 2. The Morgan fingerprint density at radius 2 is 2.18 bits per heavy atom. The molecule has 2 aromatic rings. The fourth-order valence-corrected chi connectivity index (χ4v) is 2.61. The second kappa shape index (κ2) is 5.83. The van der Waals surface area contributed by atoms with Gasteiger partial charge in [-0.15, -0.1) is 0 Å². The molecule has 3 rings (SSSR count). The number of phenolic OH excluding ortho intramolecular Hbond substituents is 1. The monoisotopic (exact) mass is 300 g/mol. The summed E-state index contributed by atoms with van der Waals surface area (Å²) in [6, 6.07) is 6.95. The van der Waals surface area contributed by atoms with Gasteiger partial charge in [0.2, 0.25) is 5.91 Å². The smallest absolute Gasteiger partial charge is 0.227 e. The molecule has 1 aliphatic rings. The van der Waals surface area contributed by atoms with E-state index in [1.807, 2.05) is 19.9 Å². The number of rotatable bonds is 3. The second-order valence-corrected chi connectivity index (χ2v) is 5.95. The van der Waals surface area contributed by atoms with Crippen LogP contribution in [0.15, 0.2) is 28.7 Å². The van der Waals surface area contributed by atoms with E-state index in [1.165, 1.54) is 0 Å². The molecule has 2 heterocycles. The molecule has 5 heteroatoms. The summed E-state index contributed by atoms with van der Waals surface area (Å²) in [6.07, 6.45) is 0.901. The highest BCUT2D eigenvalue weighted by Gasteiger charge is 2.26. The zero-order valence-corrected chi connectivity index (χ0v) is 12.9. The lowest BCUT2D eigenvalue weighted by atomic mass is 10.1. The molecular formula is C17H20N2O3. The molecular weight excluding hydrogens is 280 g/mol. The quantitative estimate of drug-likeness (QED) is 0.946. The summed E-state index contributed by atoms with van der Waals surface area (Å²) in [7, 11) is 0. The molecule has 22 heavy (non-hydrogen) atoms. The van der Waals surface area contributed by atoms with E-state index in [4.69, 9.17) is 4.42 Å². The number of aromatic hydroxyl groups is 1. The number of phenols is 1. The van der Waals surface area contributed by atoms with Crippen LogP contribution in [0, 0.1) is 0 Å². The predicted octanol–water partition coefficient (Wildman–Crippen LogP) is 2.63. The van der Waals surface area contributed by atoms with Gasteiger partial charge in [-0.3, -0.25) is 4.79 Å². The Morgan fingerprint density at radius 3 is 2.91 bits per heavy atom. The molecule has 5 nitrogen and oxygen atoms in total. The van der Waals surface area contributed by atoms with E-state index in [-0.39, 0.29) is 24.0 Å². The van der Waals surface area contributed by atoms with Crippen LogP contribution in [0.2, 0.25) is 0 Å². The van der Waals surface area contributed by atoms with Crippen molar-refractivity contribution in [3.63, 3.8) is 0 Å². The number of fused-ring (bicyclic) bond motifs is 1. The Bertz CT molecular complexity index is 691. The van der Waals surface area contributed by atoms with E-state index in [0.29, 0.717) is 25.1 Å². The van der Waals surface area contributed by atoms with Crippen molar-refractivity contribution in [1.29, 1.82) is 0 Å². The van der Waals surface area contributed by atoms with Crippen molar-refractivity contribution >= 4 is 5.91 Å². The highest BCUT2D eigenvalue weighted by atomic mass is 16.4. The van der Waals surface area contributed by atoms with Crippen LogP contribution in [-0.2, 0) is 24.2 Å². The van der Waals surface area contributed by atoms with Crippen LogP contribution in [0.25, 0.3) is 0 Å². The fraction of sp³-hybridized carbons (Fsp3) is 0.412. The molecule has 116 valence electrons. The number of carbonyl (C=O) groups excluding carboxylic acids is 1. The minimum atomic E-state index is 0.00115. The van der Waals surface area contributed by atoms with Gasteiger partial charge < -0.3 is 14.4 Å². The number of benzene rings is 1. The van der Waals surface area contributed by atoms with Gasteiger partial charge in [0.15, 0.2) is 5.89 Å². The number of amides is 1. The highest BCUT2D eigenvalue weighted by Crippen LogP contribution is 2.25. The first-order valence-electron chi connectivity index (χ1n) is 7.57. The largest absolute Gasteiger partial charge is 0.508 e. The fourth-order valence-electron chi connectivity index (χ4n) is 2.61. The minimum absolute atomic E-state index is 0.00115. The van der Waals surface area contributed by atoms with Gasteiger partial charge in [0.05, 0.1) is 13.0 Å². The van der Waals surface area contributed by atoms with Gasteiger partial charge in [-0.25, -0.2) is 4.98 Å². The standard InChI is InChI=1S/C17H20N2O3/c1-11(2)17-18-13-10-19(8-7-15(13)22-17)16(21)9-12-5-3-4-6-14(12)20/h3-6,11,20H,7-10H2,1-2H3. The molecule has 1 aromatic carbocycles. The van der Waals surface area contributed by atoms with E-state index in [2.05, 4.69) is 4.98 Å². The van der Waals surface area contributed by atoms with Crippen LogP contribution in [0.5, 0.6) is 5.75 Å². The Morgan fingerprint density at radius 1 is 1.41 bits per heavy atom. The van der Waals surface area contributed by atoms with E-state index in [1.54, 1.807) is 23.1 Å². The predicted molar refractivity (Wildman–Crippen MR) is 81.5 cm³/mol. The zero-order valence-electron chi connectivity index (χ0n) is 12.9. The molecule has 0 aliphatic carbocycles. The number of para-hydroxylation sites is 1. The number of hydrogen-bond donors (Lipinski definition) is 1. The van der Waals surface area contributed by atoms with E-state index in [0.717, 1.165) is 17.3 Å². The topological polar surface area (TPSA) is 66.6 Å². The van der Waals surface area contributed by atoms with Gasteiger partial charge in [0.1, 0.15) is 17.2 Å². The zero-order chi connectivity index (χ0) is 15.7. The Kier molecular flexibility index (Phi) is 3.88. The summed E-state index contributed by atoms with van der Waals surface area (Å²) >= 11 is 0. The van der Waals surface area contributed by atoms with Gasteiger partial charge in [-0.1, -0.05) is 32.0 Å². The lowest BCUT2D eigenvalue weighted by Gasteiger charge is -2.25. The Hall–Kier alpha value is -2.30. The third kappa shape index (κ3) is 2.84. The SMILES string of the molecule is CC(C)c1nc2c(o1)CCN(C(=O)Cc1ccccc1O)C2. The molecule has 0 fully saturated rings. The molecule has 1 aromatic heterocycles. The summed E-state index contributed by atoms with van der Waals surface area (Å²) in [4.78, 5) is 18.7. The summed E-state index contributed by atoms with van der Waals surface area (Å²) in [6.45, 7) is 5.20. The van der Waals surface area contributed by atoms with Crippen molar-refractivity contribution < 1.29 is 14.3 Å². The first-order chi connectivity index (χ1) is 10.5. The normalized spacial score (nSPS) is 14.2. The Balaban J connectivity index is 1.71. The summed E-state index contributed by atoms with van der Waals surface area (Å²) in [5, 5.41) is 9.78. The van der Waals surface area contributed by atoms with E-state index in [9.17, 15) is 9.90 Å². The van der Waals surface area contributed by atoms with Crippen molar-refractivity contribution in [2.75, 3.05) is 6.54 Å². The lowest BCUT2D eigenvalue weighted by Crippen LogP contribution is -2.36. The maximum Gasteiger partial charge on any atom is 0.227 e. The maximum absolute atomic E-state index is 12.4. The van der Waals surface area contributed by atoms with Gasteiger partial charge in [-0.05, 0) is 6.07 Å². The molecule has 0 atom stereocenters. The van der Waals surface area contributed by atoms with Crippen molar-refractivity contribution in [2.24, 2.45) is 0 Å². The van der Waals surface area contributed by atoms with Gasteiger partial charge in [0, 0.05) is 24.4 Å². The number of carbonyl (C=O) groups is 1. The molecule has 0 radical (unpaired) electrons. The van der Waals surface area contributed by atoms with E-state index < -0.39 is 0 Å². The highest BCUT2D eigenvalue weighted by molar-refractivity contribution is 5.79. The van der Waals surface area contributed by atoms with Crippen molar-refractivity contribution in [2.45, 2.75) is 39.2 Å². The third-order valence-electron chi connectivity index (χ3n) is 3.92. The molecule has 0 unspecified atom stereocenters. The van der Waals surface area contributed by atoms with Crippen LogP contribution >= 0.6 is 0 Å². The van der Waals surface area contributed by atoms with Gasteiger partial charge in [-0.2, -0.15) is 0 Å². The summed E-state index contributed by atoms with van der Waals surface area (Å²) in [5.74, 6) is 2.05. The van der Waals surface area contributed by atoms with Crippen LogP contribution in [0.3, 0.4) is 0 Å². The average molecular weight is 300 g/mol. The average Bonchev–Trinajstić information content (AvgIpc) is 2.93. The molecule has 1 N–H and O–H groups in total. The lowest BCUT2D eigenvalue weighted by molar-refractivity contribution is -0.131. The van der Waals surface area contributed by atoms with Crippen molar-refractivity contribution in [3.8, 4) is 5.75 Å². The summed E-state index contributed by atoms with van der Waals surface area (Å²) < 4.78 is 5.74. The van der Waals surface area contributed by atoms with Crippen LogP contribution < -0.4 is 0 Å². The van der Waals surface area contributed by atoms with Crippen molar-refractivity contribution in [3.05, 3.63) is 47.2 Å². The third-order valence-corrected chi connectivity index (χ3v) is 3.92. The van der Waals surface area contributed by atoms with Crippen LogP contribution in [0.4, 0.5) is 0 Å². The first-order valence-corrected chi connectivity index (χ1v) is 7.57. The number of aromatic nitrogens is 1. The van der Waals surface area contributed by atoms with Crippen LogP contribution in [-0.4, -0.2) is 27.4 Å². The van der Waals surface area contributed by atoms with E-state index >= 15 is 0 Å². The molecule has 0 saturated heterocycles. The summed E-state index contributed by atoms with van der Waals surface area (Å²) in [5.41, 5.74) is 1.52. The first kappa shape index (κ1) is 14.6. The van der Waals surface area contributed by atoms with Crippen LogP contribution in [0.1, 0.15) is 42.7 Å². The molecule has 1 aliphatic heterocycles. The number of oxazole rings is 1. The molecule has 1 amide bonds. The molecule has 0 spiro atoms. The minimum Gasteiger partial charge on any atom is -0.508 e. The molecule has 0 saturated carbocycles. The Labute approximate surface area is 129 Å². The molecule has 0 bridgehead atoms. The van der Waals surface area contributed by atoms with Crippen molar-refractivity contribution in [1.82, 2.24) is 9.88 Å². The van der Waals surface area contributed by atoms with Gasteiger partial charge in [0.25, 0.3) is 0 Å².